The molecule has 0 spiro atoms. The fourth-order valence-corrected chi connectivity index (χ4v) is 6.17. The van der Waals surface area contributed by atoms with E-state index in [1.807, 2.05) is 19.9 Å². The Labute approximate surface area is 210 Å². The molecule has 1 amide bonds. The number of rotatable bonds is 6. The third-order valence-electron chi connectivity index (χ3n) is 6.94. The van der Waals surface area contributed by atoms with Gasteiger partial charge in [-0.2, -0.15) is 5.26 Å². The van der Waals surface area contributed by atoms with Crippen molar-refractivity contribution in [3.63, 3.8) is 0 Å². The number of nitriles is 1. The van der Waals surface area contributed by atoms with Crippen molar-refractivity contribution in [1.82, 2.24) is 9.47 Å². The summed E-state index contributed by atoms with van der Waals surface area (Å²) in [5.74, 6) is 1.33. The van der Waals surface area contributed by atoms with E-state index in [4.69, 9.17) is 17.0 Å². The van der Waals surface area contributed by atoms with Crippen LogP contribution in [0, 0.1) is 24.2 Å². The smallest absolute Gasteiger partial charge is 0.270 e. The van der Waals surface area contributed by atoms with E-state index < -0.39 is 0 Å². The third-order valence-corrected chi connectivity index (χ3v) is 8.31. The van der Waals surface area contributed by atoms with E-state index >= 15 is 0 Å². The van der Waals surface area contributed by atoms with Gasteiger partial charge in [0.2, 0.25) is 0 Å². The highest BCUT2D eigenvalue weighted by atomic mass is 32.2. The van der Waals surface area contributed by atoms with Crippen molar-refractivity contribution in [2.45, 2.75) is 65.5 Å². The monoisotopic (exact) mass is 500 g/mol. The van der Waals surface area contributed by atoms with Crippen LogP contribution >= 0.6 is 24.0 Å². The molecule has 34 heavy (non-hydrogen) atoms. The molecule has 0 radical (unpaired) electrons. The highest BCUT2D eigenvalue weighted by molar-refractivity contribution is 8.26. The molecule has 9 heteroatoms. The van der Waals surface area contributed by atoms with Gasteiger partial charge >= 0.3 is 0 Å². The van der Waals surface area contributed by atoms with Crippen LogP contribution in [0.1, 0.15) is 62.6 Å². The van der Waals surface area contributed by atoms with Crippen LogP contribution in [0.3, 0.4) is 0 Å². The number of aromatic nitrogens is 1. The van der Waals surface area contributed by atoms with Gasteiger partial charge < -0.3 is 9.64 Å². The molecule has 3 aliphatic heterocycles. The van der Waals surface area contributed by atoms with Gasteiger partial charge in [-0.05, 0) is 56.6 Å². The maximum absolute atomic E-state index is 13.3. The Hall–Kier alpha value is -2.15. The number of pyridine rings is 1. The van der Waals surface area contributed by atoms with Crippen molar-refractivity contribution >= 4 is 46.1 Å². The summed E-state index contributed by atoms with van der Waals surface area (Å²) in [6.45, 7) is 9.49. The number of amides is 1. The molecular weight excluding hydrogens is 468 g/mol. The third kappa shape index (κ3) is 4.81. The molecule has 0 saturated carbocycles. The fraction of sp³-hybridized carbons (Fsp3) is 0.600. The average Bonchev–Trinajstić information content (AvgIpc) is 3.42. The zero-order valence-corrected chi connectivity index (χ0v) is 21.8. The molecule has 1 aromatic rings. The normalized spacial score (nSPS) is 22.8. The molecule has 3 saturated heterocycles. The predicted molar refractivity (Wildman–Crippen MR) is 140 cm³/mol. The first-order chi connectivity index (χ1) is 16.3. The number of carbonyl (C=O) groups is 1. The number of anilines is 1. The molecule has 0 aliphatic carbocycles. The number of nitrogens with zero attached hydrogens (tertiary/aromatic N) is 4. The molecule has 7 nitrogen and oxygen atoms in total. The van der Waals surface area contributed by atoms with Crippen molar-refractivity contribution < 1.29 is 9.53 Å². The quantitative estimate of drug-likeness (QED) is 0.431. The zero-order chi connectivity index (χ0) is 24.4. The summed E-state index contributed by atoms with van der Waals surface area (Å²) >= 11 is 6.83. The molecular formula is C25H32N4O3S2. The summed E-state index contributed by atoms with van der Waals surface area (Å²) in [6, 6.07) is 2.12. The number of hydrogen-bond donors (Lipinski definition) is 0. The van der Waals surface area contributed by atoms with Gasteiger partial charge in [0, 0.05) is 31.8 Å². The minimum atomic E-state index is -0.251. The van der Waals surface area contributed by atoms with Gasteiger partial charge in [-0.15, -0.1) is 0 Å². The van der Waals surface area contributed by atoms with Crippen LogP contribution < -0.4 is 10.5 Å². The van der Waals surface area contributed by atoms with Gasteiger partial charge in [0.15, 0.2) is 0 Å². The van der Waals surface area contributed by atoms with Gasteiger partial charge in [-0.1, -0.05) is 37.8 Å². The van der Waals surface area contributed by atoms with Crippen LogP contribution in [0.2, 0.25) is 0 Å². The molecule has 0 bridgehead atoms. The Kier molecular flexibility index (Phi) is 7.80. The molecule has 3 aliphatic rings. The molecule has 1 atom stereocenters. The maximum Gasteiger partial charge on any atom is 0.270 e. The standard InChI is InChI=1S/C25H32N4O3S2/c1-4-9-28-22(27-10-7-16(2)8-11-27)19(17(3)20(14-26)23(28)30)13-21-24(31)29(25(33)34-21)15-18-6-5-12-32-18/h13,16,18H,4-12,15H2,1-3H3/b21-13+. The first-order valence-electron chi connectivity index (χ1n) is 12.1. The second-order valence-electron chi connectivity index (χ2n) is 9.40. The number of piperidine rings is 1. The van der Waals surface area contributed by atoms with Crippen molar-refractivity contribution in [3.8, 4) is 6.07 Å². The Morgan fingerprint density at radius 1 is 1.26 bits per heavy atom. The van der Waals surface area contributed by atoms with E-state index in [1.54, 1.807) is 9.47 Å². The summed E-state index contributed by atoms with van der Waals surface area (Å²) in [4.78, 5) is 31.0. The summed E-state index contributed by atoms with van der Waals surface area (Å²) in [7, 11) is 0. The Morgan fingerprint density at radius 3 is 2.62 bits per heavy atom. The van der Waals surface area contributed by atoms with Crippen LogP contribution in [0.15, 0.2) is 9.70 Å². The summed E-state index contributed by atoms with van der Waals surface area (Å²) < 4.78 is 7.98. The minimum Gasteiger partial charge on any atom is -0.376 e. The highest BCUT2D eigenvalue weighted by Crippen LogP contribution is 2.37. The SMILES string of the molecule is CCCn1c(N2CCC(C)CC2)c(/C=C2/SC(=S)N(CC3CCCO3)C2=O)c(C)c(C#N)c1=O. The topological polar surface area (TPSA) is 78.6 Å². The highest BCUT2D eigenvalue weighted by Gasteiger charge is 2.35. The molecule has 4 rings (SSSR count). The first kappa shape index (κ1) is 25.0. The van der Waals surface area contributed by atoms with Crippen molar-refractivity contribution in [2.24, 2.45) is 5.92 Å². The van der Waals surface area contributed by atoms with Crippen LogP contribution in [0.25, 0.3) is 6.08 Å². The van der Waals surface area contributed by atoms with Crippen molar-refractivity contribution in [1.29, 1.82) is 5.26 Å². The van der Waals surface area contributed by atoms with Gasteiger partial charge in [0.1, 0.15) is 21.8 Å². The lowest BCUT2D eigenvalue weighted by Gasteiger charge is -2.35. The van der Waals surface area contributed by atoms with Crippen LogP contribution in [-0.4, -0.2) is 52.0 Å². The summed E-state index contributed by atoms with van der Waals surface area (Å²) in [5, 5.41) is 9.80. The molecule has 3 fully saturated rings. The van der Waals surface area contributed by atoms with Crippen LogP contribution in [-0.2, 0) is 16.1 Å². The lowest BCUT2D eigenvalue weighted by atomic mass is 9.97. The predicted octanol–water partition coefficient (Wildman–Crippen LogP) is 4.05. The second-order valence-corrected chi connectivity index (χ2v) is 11.1. The zero-order valence-electron chi connectivity index (χ0n) is 20.1. The van der Waals surface area contributed by atoms with E-state index in [2.05, 4.69) is 17.9 Å². The van der Waals surface area contributed by atoms with Gasteiger partial charge in [-0.3, -0.25) is 19.1 Å². The number of carbonyl (C=O) groups excluding carboxylic acids is 1. The Bertz CT molecular complexity index is 1110. The number of thioether (sulfide) groups is 1. The first-order valence-corrected chi connectivity index (χ1v) is 13.4. The average molecular weight is 501 g/mol. The van der Waals surface area contributed by atoms with E-state index in [0.29, 0.717) is 33.8 Å². The molecule has 1 unspecified atom stereocenters. The lowest BCUT2D eigenvalue weighted by molar-refractivity contribution is -0.123. The maximum atomic E-state index is 13.3. The molecule has 1 aromatic heterocycles. The van der Waals surface area contributed by atoms with Crippen molar-refractivity contribution in [3.05, 3.63) is 31.9 Å². The summed E-state index contributed by atoms with van der Waals surface area (Å²) in [6.07, 6.45) is 6.66. The van der Waals surface area contributed by atoms with Gasteiger partial charge in [-0.25, -0.2) is 0 Å². The largest absolute Gasteiger partial charge is 0.376 e. The number of hydrogen-bond acceptors (Lipinski definition) is 7. The van der Waals surface area contributed by atoms with E-state index in [-0.39, 0.29) is 23.1 Å². The van der Waals surface area contributed by atoms with E-state index in [1.165, 1.54) is 11.8 Å². The van der Waals surface area contributed by atoms with Gasteiger partial charge in [0.25, 0.3) is 11.5 Å². The van der Waals surface area contributed by atoms with Crippen molar-refractivity contribution in [2.75, 3.05) is 31.1 Å². The summed E-state index contributed by atoms with van der Waals surface area (Å²) in [5.41, 5.74) is 1.29. The fourth-order valence-electron chi connectivity index (χ4n) is 4.92. The minimum absolute atomic E-state index is 0.0196. The van der Waals surface area contributed by atoms with Crippen LogP contribution in [0.5, 0.6) is 0 Å². The van der Waals surface area contributed by atoms with E-state index in [0.717, 1.165) is 63.2 Å². The number of thiocarbonyl (C=S) groups is 1. The number of ether oxygens (including phenoxy) is 1. The lowest BCUT2D eigenvalue weighted by Crippen LogP contribution is -2.39. The van der Waals surface area contributed by atoms with Gasteiger partial charge in [0.05, 0.1) is 17.6 Å². The Morgan fingerprint density at radius 2 is 2.00 bits per heavy atom. The Balaban J connectivity index is 1.80. The second kappa shape index (κ2) is 10.6. The molecule has 182 valence electrons. The molecule has 4 heterocycles. The molecule has 0 N–H and O–H groups in total. The van der Waals surface area contributed by atoms with Crippen LogP contribution in [0.4, 0.5) is 5.82 Å². The molecule has 0 aromatic carbocycles. The van der Waals surface area contributed by atoms with E-state index in [9.17, 15) is 14.9 Å².